The van der Waals surface area contributed by atoms with E-state index in [1.54, 1.807) is 0 Å². The van der Waals surface area contributed by atoms with Crippen LogP contribution in [0.5, 0.6) is 0 Å². The first-order valence-electron chi connectivity index (χ1n) is 10.1. The van der Waals surface area contributed by atoms with E-state index in [0.29, 0.717) is 16.7 Å². The smallest absolute Gasteiger partial charge is 0.167 e. The molecule has 5 rings (SSSR count). The molecule has 32 heavy (non-hydrogen) atoms. The highest BCUT2D eigenvalue weighted by atomic mass is 35.5. The predicted molar refractivity (Wildman–Crippen MR) is 127 cm³/mol. The fourth-order valence-electron chi connectivity index (χ4n) is 3.45. The van der Waals surface area contributed by atoms with E-state index in [9.17, 15) is 4.39 Å². The largest absolute Gasteiger partial charge is 0.208 e. The Morgan fingerprint density at radius 1 is 0.500 bits per heavy atom. The van der Waals surface area contributed by atoms with Gasteiger partial charge in [0.05, 0.1) is 5.56 Å². The molecular weight excluding hydrogens is 421 g/mol. The van der Waals surface area contributed by atoms with Crippen molar-refractivity contribution in [1.29, 1.82) is 0 Å². The van der Waals surface area contributed by atoms with Gasteiger partial charge in [0, 0.05) is 16.1 Å². The number of nitrogens with zero attached hydrogens (tertiary/aromatic N) is 3. The van der Waals surface area contributed by atoms with E-state index in [4.69, 9.17) is 11.6 Å². The van der Waals surface area contributed by atoms with E-state index in [1.165, 1.54) is 18.2 Å². The monoisotopic (exact) mass is 437 g/mol. The summed E-state index contributed by atoms with van der Waals surface area (Å²) in [5.74, 6) is 0.732. The molecule has 0 aliphatic carbocycles. The quantitative estimate of drug-likeness (QED) is 0.295. The summed E-state index contributed by atoms with van der Waals surface area (Å²) in [6, 6.07) is 32.0. The van der Waals surface area contributed by atoms with Crippen LogP contribution >= 0.6 is 11.6 Å². The average molecular weight is 438 g/mol. The topological polar surface area (TPSA) is 38.7 Å². The molecule has 0 N–H and O–H groups in total. The Bertz CT molecular complexity index is 1370. The lowest BCUT2D eigenvalue weighted by atomic mass is 10.0. The van der Waals surface area contributed by atoms with Crippen molar-refractivity contribution in [3.05, 3.63) is 114 Å². The zero-order chi connectivity index (χ0) is 21.9. The van der Waals surface area contributed by atoms with Crippen LogP contribution in [0, 0.1) is 5.82 Å². The molecule has 0 saturated heterocycles. The number of rotatable bonds is 4. The Morgan fingerprint density at radius 2 is 0.969 bits per heavy atom. The second-order valence-electron chi connectivity index (χ2n) is 7.24. The van der Waals surface area contributed by atoms with Gasteiger partial charge in [0.25, 0.3) is 0 Å². The van der Waals surface area contributed by atoms with Crippen molar-refractivity contribution in [2.24, 2.45) is 0 Å². The highest BCUT2D eigenvalue weighted by Gasteiger charge is 2.15. The number of halogens is 2. The molecule has 0 aliphatic rings. The molecule has 0 aliphatic heterocycles. The van der Waals surface area contributed by atoms with Crippen molar-refractivity contribution in [2.45, 2.75) is 0 Å². The van der Waals surface area contributed by atoms with Crippen LogP contribution < -0.4 is 0 Å². The van der Waals surface area contributed by atoms with Crippen LogP contribution in [0.15, 0.2) is 103 Å². The van der Waals surface area contributed by atoms with Gasteiger partial charge in [-0.1, -0.05) is 96.5 Å². The molecule has 0 atom stereocenters. The molecule has 1 aromatic heterocycles. The first-order valence-corrected chi connectivity index (χ1v) is 10.5. The fourth-order valence-corrected chi connectivity index (χ4v) is 3.63. The van der Waals surface area contributed by atoms with Gasteiger partial charge in [0.15, 0.2) is 17.5 Å². The Morgan fingerprint density at radius 3 is 1.59 bits per heavy atom. The summed E-state index contributed by atoms with van der Waals surface area (Å²) in [7, 11) is 0. The summed E-state index contributed by atoms with van der Waals surface area (Å²) in [6.45, 7) is 0. The van der Waals surface area contributed by atoms with Gasteiger partial charge < -0.3 is 0 Å². The van der Waals surface area contributed by atoms with E-state index in [0.717, 1.165) is 22.3 Å². The Kier molecular flexibility index (Phi) is 5.44. The maximum absolute atomic E-state index is 14.6. The maximum Gasteiger partial charge on any atom is 0.167 e. The van der Waals surface area contributed by atoms with E-state index in [2.05, 4.69) is 27.1 Å². The predicted octanol–water partition coefficient (Wildman–Crippen LogP) is 7.33. The van der Waals surface area contributed by atoms with Gasteiger partial charge in [-0.05, 0) is 29.3 Å². The summed E-state index contributed by atoms with van der Waals surface area (Å²) in [5, 5.41) is 0.414. The normalized spacial score (nSPS) is 10.8. The molecule has 0 radical (unpaired) electrons. The van der Waals surface area contributed by atoms with Crippen molar-refractivity contribution in [2.75, 3.05) is 0 Å². The SMILES string of the molecule is Fc1ccc(Cl)cc1-c1nc(-c2ccccc2)nc(-c2ccc(-c3ccccc3)cc2)n1. The summed E-state index contributed by atoms with van der Waals surface area (Å²) in [6.07, 6.45) is 0. The lowest BCUT2D eigenvalue weighted by Gasteiger charge is -2.10. The van der Waals surface area contributed by atoms with Gasteiger partial charge in [-0.3, -0.25) is 0 Å². The van der Waals surface area contributed by atoms with Crippen LogP contribution in [0.25, 0.3) is 45.3 Å². The lowest BCUT2D eigenvalue weighted by molar-refractivity contribution is 0.630. The molecule has 0 saturated carbocycles. The Balaban J connectivity index is 1.64. The minimum Gasteiger partial charge on any atom is -0.208 e. The van der Waals surface area contributed by atoms with Gasteiger partial charge in [0.1, 0.15) is 5.82 Å². The molecule has 5 heteroatoms. The van der Waals surface area contributed by atoms with Gasteiger partial charge in [-0.15, -0.1) is 0 Å². The molecule has 3 nitrogen and oxygen atoms in total. The van der Waals surface area contributed by atoms with Crippen LogP contribution in [0.1, 0.15) is 0 Å². The minimum atomic E-state index is -0.440. The van der Waals surface area contributed by atoms with E-state index in [1.807, 2.05) is 72.8 Å². The van der Waals surface area contributed by atoms with Gasteiger partial charge in [-0.25, -0.2) is 19.3 Å². The molecule has 4 aromatic carbocycles. The average Bonchev–Trinajstić information content (AvgIpc) is 2.86. The number of aromatic nitrogens is 3. The second-order valence-corrected chi connectivity index (χ2v) is 7.68. The molecule has 0 bridgehead atoms. The van der Waals surface area contributed by atoms with Gasteiger partial charge in [0.2, 0.25) is 0 Å². The van der Waals surface area contributed by atoms with Crippen molar-refractivity contribution >= 4 is 11.6 Å². The first kappa shape index (κ1) is 20.0. The molecule has 1 heterocycles. The fraction of sp³-hybridized carbons (Fsp3) is 0. The third kappa shape index (κ3) is 4.13. The zero-order valence-corrected chi connectivity index (χ0v) is 17.7. The standard InChI is InChI=1S/C27H17ClFN3/c28-22-15-16-24(29)23(17-22)27-31-25(20-9-5-2-6-10-20)30-26(32-27)21-13-11-19(12-14-21)18-7-3-1-4-8-18/h1-17H. The maximum atomic E-state index is 14.6. The number of hydrogen-bond donors (Lipinski definition) is 0. The van der Waals surface area contributed by atoms with Crippen molar-refractivity contribution < 1.29 is 4.39 Å². The third-order valence-corrected chi connectivity index (χ3v) is 5.32. The minimum absolute atomic E-state index is 0.235. The highest BCUT2D eigenvalue weighted by Crippen LogP contribution is 2.29. The second kappa shape index (κ2) is 8.69. The summed E-state index contributed by atoms with van der Waals surface area (Å²) < 4.78 is 14.6. The van der Waals surface area contributed by atoms with Gasteiger partial charge in [-0.2, -0.15) is 0 Å². The van der Waals surface area contributed by atoms with Crippen molar-refractivity contribution in [1.82, 2.24) is 15.0 Å². The molecule has 5 aromatic rings. The highest BCUT2D eigenvalue weighted by molar-refractivity contribution is 6.30. The zero-order valence-electron chi connectivity index (χ0n) is 16.9. The molecular formula is C27H17ClFN3. The molecule has 0 fully saturated rings. The summed E-state index contributed by atoms with van der Waals surface area (Å²) >= 11 is 6.12. The van der Waals surface area contributed by atoms with Crippen LogP contribution in [0.3, 0.4) is 0 Å². The lowest BCUT2D eigenvalue weighted by Crippen LogP contribution is -2.01. The van der Waals surface area contributed by atoms with Crippen molar-refractivity contribution in [3.8, 4) is 45.3 Å². The third-order valence-electron chi connectivity index (χ3n) is 5.09. The molecule has 0 unspecified atom stereocenters. The van der Waals surface area contributed by atoms with Crippen molar-refractivity contribution in [3.63, 3.8) is 0 Å². The van der Waals surface area contributed by atoms with Crippen LogP contribution in [-0.4, -0.2) is 15.0 Å². The van der Waals surface area contributed by atoms with Crippen LogP contribution in [0.2, 0.25) is 5.02 Å². The van der Waals surface area contributed by atoms with E-state index >= 15 is 0 Å². The summed E-state index contributed by atoms with van der Waals surface area (Å²) in [5.41, 5.74) is 4.09. The Hall–Kier alpha value is -3.89. The van der Waals surface area contributed by atoms with Gasteiger partial charge >= 0.3 is 0 Å². The van der Waals surface area contributed by atoms with Crippen LogP contribution in [-0.2, 0) is 0 Å². The molecule has 154 valence electrons. The molecule has 0 spiro atoms. The van der Waals surface area contributed by atoms with E-state index in [-0.39, 0.29) is 11.4 Å². The van der Waals surface area contributed by atoms with Crippen LogP contribution in [0.4, 0.5) is 4.39 Å². The summed E-state index contributed by atoms with van der Waals surface area (Å²) in [4.78, 5) is 13.8. The number of hydrogen-bond acceptors (Lipinski definition) is 3. The Labute approximate surface area is 190 Å². The van der Waals surface area contributed by atoms with E-state index < -0.39 is 5.82 Å². The first-order chi connectivity index (χ1) is 15.7. The molecule has 0 amide bonds. The number of benzene rings is 4.